The third kappa shape index (κ3) is 30.8. The summed E-state index contributed by atoms with van der Waals surface area (Å²) < 4.78 is 4.21. The number of H-pyrrole nitrogens is 1. The van der Waals surface area contributed by atoms with Crippen LogP contribution >= 0.6 is 0 Å². The van der Waals surface area contributed by atoms with Gasteiger partial charge in [0, 0.05) is 80.8 Å². The van der Waals surface area contributed by atoms with Crippen molar-refractivity contribution in [3.05, 3.63) is 151 Å². The Bertz CT molecular complexity index is 1630. The minimum absolute atomic E-state index is 0.704. The Kier molecular flexibility index (Phi) is 28.3. The van der Waals surface area contributed by atoms with Crippen LogP contribution in [0, 0.1) is 35.5 Å². The zero-order valence-corrected chi connectivity index (χ0v) is 39.1. The summed E-state index contributed by atoms with van der Waals surface area (Å²) in [5.41, 5.74) is 6.32. The van der Waals surface area contributed by atoms with E-state index in [9.17, 15) is 0 Å². The van der Waals surface area contributed by atoms with Crippen LogP contribution in [0.5, 0.6) is 0 Å². The molecule has 0 aliphatic carbocycles. The number of pyridine rings is 3. The lowest BCUT2D eigenvalue weighted by atomic mass is 10.0. The molecule has 6 aromatic rings. The highest BCUT2D eigenvalue weighted by Crippen LogP contribution is 2.07. The van der Waals surface area contributed by atoms with Gasteiger partial charge in [0.05, 0.1) is 18.3 Å². The summed E-state index contributed by atoms with van der Waals surface area (Å²) in [5.74, 6) is 4.39. The average Bonchev–Trinajstić information content (AvgIpc) is 3.97. The molecule has 6 heterocycles. The van der Waals surface area contributed by atoms with Crippen molar-refractivity contribution in [2.24, 2.45) is 42.6 Å². The molecule has 59 heavy (non-hydrogen) atoms. The van der Waals surface area contributed by atoms with Gasteiger partial charge >= 0.3 is 0 Å². The van der Waals surface area contributed by atoms with Crippen LogP contribution in [0.25, 0.3) is 0 Å². The van der Waals surface area contributed by atoms with Crippen molar-refractivity contribution in [1.29, 1.82) is 0 Å². The second-order valence-corrected chi connectivity index (χ2v) is 17.7. The van der Waals surface area contributed by atoms with E-state index in [4.69, 9.17) is 0 Å². The number of aromatic nitrogens is 8. The maximum atomic E-state index is 4.22. The lowest BCUT2D eigenvalue weighted by molar-refractivity contribution is 0.517. The van der Waals surface area contributed by atoms with Crippen LogP contribution < -0.4 is 0 Å². The van der Waals surface area contributed by atoms with Crippen LogP contribution in [0.2, 0.25) is 0 Å². The summed E-state index contributed by atoms with van der Waals surface area (Å²) >= 11 is 0. The third-order valence-corrected chi connectivity index (χ3v) is 8.29. The molecular formula is C51H80N8. The zero-order valence-electron chi connectivity index (χ0n) is 39.1. The van der Waals surface area contributed by atoms with Gasteiger partial charge in [0.25, 0.3) is 0 Å². The molecule has 0 amide bonds. The van der Waals surface area contributed by atoms with E-state index in [2.05, 4.69) is 173 Å². The van der Waals surface area contributed by atoms with Crippen LogP contribution in [-0.2, 0) is 45.7 Å². The van der Waals surface area contributed by atoms with Gasteiger partial charge in [0.15, 0.2) is 0 Å². The first-order valence-corrected chi connectivity index (χ1v) is 21.8. The van der Waals surface area contributed by atoms with Crippen molar-refractivity contribution in [2.45, 2.75) is 128 Å². The Hall–Kier alpha value is -4.85. The SMILES string of the molecule is CC(C)CCn1cccc1.CC(C)Cc1ccccn1.CC(C)Cc1cccnc1.CC(C)Cc1ccncc1.CC(C)Cc1cn(C)cn1.CC(C)Cc1cnc[nH]1. The van der Waals surface area contributed by atoms with Gasteiger partial charge in [-0.05, 0) is 128 Å². The molecule has 0 bridgehead atoms. The Morgan fingerprint density at radius 2 is 1.12 bits per heavy atom. The van der Waals surface area contributed by atoms with Gasteiger partial charge in [-0.3, -0.25) is 15.0 Å². The van der Waals surface area contributed by atoms with Crippen LogP contribution in [0.4, 0.5) is 0 Å². The van der Waals surface area contributed by atoms with E-state index in [1.807, 2.05) is 73.3 Å². The van der Waals surface area contributed by atoms with Crippen LogP contribution in [0.15, 0.2) is 123 Å². The maximum Gasteiger partial charge on any atom is 0.0946 e. The molecule has 8 nitrogen and oxygen atoms in total. The van der Waals surface area contributed by atoms with E-state index in [0.717, 1.165) is 56.4 Å². The molecule has 0 spiro atoms. The Morgan fingerprint density at radius 3 is 1.59 bits per heavy atom. The fourth-order valence-corrected chi connectivity index (χ4v) is 5.67. The van der Waals surface area contributed by atoms with Gasteiger partial charge in [0.1, 0.15) is 0 Å². The molecule has 8 heteroatoms. The van der Waals surface area contributed by atoms with Crippen molar-refractivity contribution in [1.82, 2.24) is 39.0 Å². The zero-order chi connectivity index (χ0) is 43.8. The normalized spacial score (nSPS) is 10.5. The van der Waals surface area contributed by atoms with E-state index in [0.29, 0.717) is 17.8 Å². The Morgan fingerprint density at radius 1 is 0.508 bits per heavy atom. The minimum atomic E-state index is 0.704. The molecule has 0 atom stereocenters. The number of hydrogen-bond acceptors (Lipinski definition) is 5. The fraction of sp³-hybridized carbons (Fsp3) is 0.510. The van der Waals surface area contributed by atoms with Crippen LogP contribution in [-0.4, -0.2) is 39.0 Å². The van der Waals surface area contributed by atoms with E-state index in [1.54, 1.807) is 6.33 Å². The standard InChI is InChI=1S/C9H13N.C9H15N.2C9H13N.C8H14N2.C7H12N2/c1-8(2)7-9-3-5-10-6-4-9;1-9(2)5-8-10-6-3-4-7-10;1-8(2)6-9-4-3-5-10-7-9;1-8(2)7-9-5-3-4-6-10-9;1-7(2)4-8-5-10(3)6-9-8;1-6(2)3-7-4-8-5-9-7/h3-6,8H,7H2,1-2H3;3-4,6-7,9H,5,8H2,1-2H3;3-5,7-8H,6H2,1-2H3;3-6,8H,7H2,1-2H3;5-7H,4H2,1-3H3;4-6H,3H2,1-2H3,(H,8,9). The molecule has 6 rings (SSSR count). The van der Waals surface area contributed by atoms with Gasteiger partial charge in [-0.2, -0.15) is 0 Å². The topological polar surface area (TPSA) is 90.1 Å². The van der Waals surface area contributed by atoms with Crippen molar-refractivity contribution < 1.29 is 0 Å². The molecule has 0 aliphatic rings. The fourth-order valence-electron chi connectivity index (χ4n) is 5.67. The molecule has 0 aliphatic heterocycles. The predicted molar refractivity (Wildman–Crippen MR) is 251 cm³/mol. The number of hydrogen-bond donors (Lipinski definition) is 1. The summed E-state index contributed by atoms with van der Waals surface area (Å²) in [7, 11) is 2.00. The summed E-state index contributed by atoms with van der Waals surface area (Å²) in [6.07, 6.45) is 27.8. The number of imidazole rings is 2. The minimum Gasteiger partial charge on any atom is -0.354 e. The molecule has 0 saturated heterocycles. The number of rotatable bonds is 13. The highest BCUT2D eigenvalue weighted by atomic mass is 15.0. The largest absolute Gasteiger partial charge is 0.354 e. The maximum absolute atomic E-state index is 4.22. The molecule has 0 fully saturated rings. The lowest BCUT2D eigenvalue weighted by Gasteiger charge is -2.04. The Labute approximate surface area is 359 Å². The number of nitrogens with zero attached hydrogens (tertiary/aromatic N) is 7. The van der Waals surface area contributed by atoms with E-state index >= 15 is 0 Å². The van der Waals surface area contributed by atoms with Crippen molar-refractivity contribution in [3.8, 4) is 0 Å². The Balaban J connectivity index is 0.000000354. The molecule has 1 N–H and O–H groups in total. The first-order valence-electron chi connectivity index (χ1n) is 21.8. The van der Waals surface area contributed by atoms with Gasteiger partial charge in [-0.15, -0.1) is 0 Å². The third-order valence-electron chi connectivity index (χ3n) is 8.29. The molecule has 6 aromatic heterocycles. The number of aryl methyl sites for hydroxylation is 2. The average molecular weight is 805 g/mol. The van der Waals surface area contributed by atoms with Gasteiger partial charge < -0.3 is 14.1 Å². The highest BCUT2D eigenvalue weighted by Gasteiger charge is 2.00. The predicted octanol–water partition coefficient (Wildman–Crippen LogP) is 12.6. The quantitative estimate of drug-likeness (QED) is 0.126. The second kappa shape index (κ2) is 32.1. The molecule has 0 unspecified atom stereocenters. The monoisotopic (exact) mass is 805 g/mol. The summed E-state index contributed by atoms with van der Waals surface area (Å²) in [6, 6.07) is 18.4. The van der Waals surface area contributed by atoms with Gasteiger partial charge in [-0.25, -0.2) is 9.97 Å². The number of nitrogens with one attached hydrogen (secondary N) is 1. The van der Waals surface area contributed by atoms with Crippen molar-refractivity contribution in [2.75, 3.05) is 0 Å². The lowest BCUT2D eigenvalue weighted by Crippen LogP contribution is -1.97. The first-order chi connectivity index (χ1) is 28.1. The van der Waals surface area contributed by atoms with Crippen molar-refractivity contribution >= 4 is 0 Å². The van der Waals surface area contributed by atoms with Crippen molar-refractivity contribution in [3.63, 3.8) is 0 Å². The van der Waals surface area contributed by atoms with Crippen LogP contribution in [0.3, 0.4) is 0 Å². The summed E-state index contributed by atoms with van der Waals surface area (Å²) in [6.45, 7) is 27.7. The molecule has 0 saturated carbocycles. The number of aromatic amines is 1. The van der Waals surface area contributed by atoms with E-state index < -0.39 is 0 Å². The van der Waals surface area contributed by atoms with Gasteiger partial charge in [-0.1, -0.05) is 95.2 Å². The smallest absolute Gasteiger partial charge is 0.0946 e. The second-order valence-electron chi connectivity index (χ2n) is 17.7. The van der Waals surface area contributed by atoms with Gasteiger partial charge in [0.2, 0.25) is 0 Å². The molecule has 0 aromatic carbocycles. The summed E-state index contributed by atoms with van der Waals surface area (Å²) in [5, 5.41) is 0. The molecular weight excluding hydrogens is 725 g/mol. The van der Waals surface area contributed by atoms with E-state index in [-0.39, 0.29) is 0 Å². The molecule has 0 radical (unpaired) electrons. The summed E-state index contributed by atoms with van der Waals surface area (Å²) in [4.78, 5) is 23.4. The van der Waals surface area contributed by atoms with Crippen LogP contribution in [0.1, 0.15) is 118 Å². The highest BCUT2D eigenvalue weighted by molar-refractivity contribution is 5.10. The van der Waals surface area contributed by atoms with E-state index in [1.165, 1.54) is 34.6 Å². The molecule has 324 valence electrons. The first kappa shape index (κ1) is 52.2.